The fourth-order valence-corrected chi connectivity index (χ4v) is 2.83. The summed E-state index contributed by atoms with van der Waals surface area (Å²) in [6.07, 6.45) is 2.16. The zero-order valence-electron chi connectivity index (χ0n) is 13.9. The van der Waals surface area contributed by atoms with Crippen LogP contribution < -0.4 is 11.0 Å². The van der Waals surface area contributed by atoms with Gasteiger partial charge >= 0.3 is 5.69 Å². The molecule has 1 N–H and O–H groups in total. The van der Waals surface area contributed by atoms with Crippen LogP contribution in [0.4, 0.5) is 4.39 Å². The Morgan fingerprint density at radius 2 is 2.12 bits per heavy atom. The van der Waals surface area contributed by atoms with Crippen LogP contribution in [0.3, 0.4) is 0 Å². The highest BCUT2D eigenvalue weighted by molar-refractivity contribution is 6.30. The molecule has 134 valence electrons. The van der Waals surface area contributed by atoms with E-state index in [1.807, 2.05) is 6.92 Å². The number of hydrogen-bond acceptors (Lipinski definition) is 4. The molecular weight excluding hydrogens is 349 g/mol. The maximum absolute atomic E-state index is 13.5. The summed E-state index contributed by atoms with van der Waals surface area (Å²) in [6, 6.07) is 3.89. The van der Waals surface area contributed by atoms with Crippen LogP contribution in [-0.4, -0.2) is 25.7 Å². The summed E-state index contributed by atoms with van der Waals surface area (Å²) in [5.74, 6) is -0.499. The molecule has 2 aromatic rings. The molecule has 7 nitrogen and oxygen atoms in total. The van der Waals surface area contributed by atoms with Gasteiger partial charge in [-0.15, -0.1) is 0 Å². The van der Waals surface area contributed by atoms with Crippen LogP contribution in [-0.2, 0) is 11.3 Å². The van der Waals surface area contributed by atoms with Gasteiger partial charge in [-0.25, -0.2) is 9.18 Å². The van der Waals surface area contributed by atoms with Gasteiger partial charge in [-0.2, -0.15) is 9.36 Å². The van der Waals surface area contributed by atoms with Crippen molar-refractivity contribution >= 4 is 17.5 Å². The standard InChI is InChI=1S/C16H19ClFN5O2/c1-9(12-5-6-13(17)14(18)7-12)19-15(24)8-22-16(25)23(21-20-22)10(2)11-3-4-11/h5-7,9-11H,3-4,8H2,1-2H3,(H,19,24)/t9-,10?/m0/s1. The fourth-order valence-electron chi connectivity index (χ4n) is 2.71. The molecule has 1 saturated carbocycles. The molecule has 1 aromatic heterocycles. The molecule has 2 atom stereocenters. The van der Waals surface area contributed by atoms with E-state index in [0.29, 0.717) is 11.5 Å². The van der Waals surface area contributed by atoms with Gasteiger partial charge in [0.15, 0.2) is 0 Å². The molecule has 0 saturated heterocycles. The van der Waals surface area contributed by atoms with Gasteiger partial charge in [0.25, 0.3) is 0 Å². The predicted molar refractivity (Wildman–Crippen MR) is 89.7 cm³/mol. The van der Waals surface area contributed by atoms with Crippen molar-refractivity contribution in [2.24, 2.45) is 5.92 Å². The molecule has 25 heavy (non-hydrogen) atoms. The zero-order chi connectivity index (χ0) is 18.1. The molecule has 1 unspecified atom stereocenters. The van der Waals surface area contributed by atoms with Crippen molar-refractivity contribution in [1.82, 2.24) is 25.1 Å². The molecule has 0 aliphatic heterocycles. The van der Waals surface area contributed by atoms with E-state index < -0.39 is 23.5 Å². The highest BCUT2D eigenvalue weighted by atomic mass is 35.5. The maximum atomic E-state index is 13.5. The van der Waals surface area contributed by atoms with E-state index in [4.69, 9.17) is 11.6 Å². The number of nitrogens with zero attached hydrogens (tertiary/aromatic N) is 4. The van der Waals surface area contributed by atoms with Crippen LogP contribution in [0.5, 0.6) is 0 Å². The highest BCUT2D eigenvalue weighted by Crippen LogP contribution is 2.38. The largest absolute Gasteiger partial charge is 0.364 e. The molecule has 0 spiro atoms. The Kier molecular flexibility index (Phi) is 4.89. The third kappa shape index (κ3) is 3.89. The number of nitrogens with one attached hydrogen (secondary N) is 1. The smallest absolute Gasteiger partial charge is 0.348 e. The van der Waals surface area contributed by atoms with Gasteiger partial charge in [0.1, 0.15) is 12.4 Å². The van der Waals surface area contributed by atoms with E-state index in [-0.39, 0.29) is 17.6 Å². The summed E-state index contributed by atoms with van der Waals surface area (Å²) in [7, 11) is 0. The Balaban J connectivity index is 1.64. The van der Waals surface area contributed by atoms with E-state index in [2.05, 4.69) is 15.7 Å². The first kappa shape index (κ1) is 17.6. The number of hydrogen-bond donors (Lipinski definition) is 1. The SMILES string of the molecule is CC(C1CC1)n1nnn(CC(=O)N[C@@H](C)c2ccc(Cl)c(F)c2)c1=O. The summed E-state index contributed by atoms with van der Waals surface area (Å²) in [4.78, 5) is 24.4. The first-order valence-corrected chi connectivity index (χ1v) is 8.51. The minimum atomic E-state index is -0.548. The third-order valence-electron chi connectivity index (χ3n) is 4.47. The number of tetrazole rings is 1. The number of aromatic nitrogens is 4. The monoisotopic (exact) mass is 367 g/mol. The van der Waals surface area contributed by atoms with E-state index in [1.165, 1.54) is 16.8 Å². The van der Waals surface area contributed by atoms with Crippen LogP contribution in [0.1, 0.15) is 44.3 Å². The van der Waals surface area contributed by atoms with Gasteiger partial charge in [0.05, 0.1) is 17.1 Å². The van der Waals surface area contributed by atoms with Crippen LogP contribution in [0.25, 0.3) is 0 Å². The number of carbonyl (C=O) groups excluding carboxylic acids is 1. The van der Waals surface area contributed by atoms with Crippen LogP contribution in [0.15, 0.2) is 23.0 Å². The van der Waals surface area contributed by atoms with E-state index >= 15 is 0 Å². The molecule has 1 aromatic carbocycles. The minimum absolute atomic E-state index is 0.0136. The Morgan fingerprint density at radius 3 is 2.76 bits per heavy atom. The Morgan fingerprint density at radius 1 is 1.40 bits per heavy atom. The second-order valence-electron chi connectivity index (χ2n) is 6.40. The predicted octanol–water partition coefficient (Wildman–Crippen LogP) is 2.08. The van der Waals surface area contributed by atoms with E-state index in [9.17, 15) is 14.0 Å². The van der Waals surface area contributed by atoms with Crippen molar-refractivity contribution in [2.45, 2.75) is 45.3 Å². The Labute approximate surface area is 148 Å². The van der Waals surface area contributed by atoms with E-state index in [1.54, 1.807) is 13.0 Å². The number of rotatable bonds is 6. The summed E-state index contributed by atoms with van der Waals surface area (Å²) >= 11 is 5.65. The molecule has 1 aliphatic carbocycles. The van der Waals surface area contributed by atoms with Gasteiger partial charge in [-0.3, -0.25) is 4.79 Å². The average molecular weight is 368 g/mol. The van der Waals surface area contributed by atoms with Crippen molar-refractivity contribution in [3.8, 4) is 0 Å². The van der Waals surface area contributed by atoms with Gasteiger partial charge in [0, 0.05) is 0 Å². The van der Waals surface area contributed by atoms with Gasteiger partial charge in [-0.1, -0.05) is 17.7 Å². The summed E-state index contributed by atoms with van der Waals surface area (Å²) in [6.45, 7) is 3.40. The molecule has 1 heterocycles. The van der Waals surface area contributed by atoms with Crippen molar-refractivity contribution in [3.63, 3.8) is 0 Å². The summed E-state index contributed by atoms with van der Waals surface area (Å²) in [5.41, 5.74) is 0.174. The average Bonchev–Trinajstić information content (AvgIpc) is 3.35. The lowest BCUT2D eigenvalue weighted by atomic mass is 10.1. The number of halogens is 2. The first-order chi connectivity index (χ1) is 11.9. The highest BCUT2D eigenvalue weighted by Gasteiger charge is 2.31. The summed E-state index contributed by atoms with van der Waals surface area (Å²) < 4.78 is 15.9. The normalized spacial score (nSPS) is 16.5. The van der Waals surface area contributed by atoms with Crippen LogP contribution >= 0.6 is 11.6 Å². The molecule has 1 fully saturated rings. The van der Waals surface area contributed by atoms with Crippen LogP contribution in [0.2, 0.25) is 5.02 Å². The molecule has 1 amide bonds. The Bertz CT molecular complexity index is 845. The minimum Gasteiger partial charge on any atom is -0.348 e. The van der Waals surface area contributed by atoms with Gasteiger partial charge in [0.2, 0.25) is 5.91 Å². The second-order valence-corrected chi connectivity index (χ2v) is 6.81. The van der Waals surface area contributed by atoms with Gasteiger partial charge < -0.3 is 5.32 Å². The van der Waals surface area contributed by atoms with Crippen molar-refractivity contribution in [2.75, 3.05) is 0 Å². The van der Waals surface area contributed by atoms with Crippen molar-refractivity contribution < 1.29 is 9.18 Å². The van der Waals surface area contributed by atoms with Crippen molar-refractivity contribution in [3.05, 3.63) is 45.1 Å². The molecular formula is C16H19ClFN5O2. The summed E-state index contributed by atoms with van der Waals surface area (Å²) in [5, 5.41) is 10.4. The zero-order valence-corrected chi connectivity index (χ0v) is 14.7. The van der Waals surface area contributed by atoms with Gasteiger partial charge in [-0.05, 0) is 60.7 Å². The lowest BCUT2D eigenvalue weighted by molar-refractivity contribution is -0.122. The number of carbonyl (C=O) groups is 1. The van der Waals surface area contributed by atoms with Crippen LogP contribution in [0, 0.1) is 11.7 Å². The quantitative estimate of drug-likeness (QED) is 0.847. The molecule has 0 bridgehead atoms. The number of amides is 1. The molecule has 1 aliphatic rings. The van der Waals surface area contributed by atoms with Crippen molar-refractivity contribution in [1.29, 1.82) is 0 Å². The lowest BCUT2D eigenvalue weighted by Gasteiger charge is -2.14. The first-order valence-electron chi connectivity index (χ1n) is 8.13. The fraction of sp³-hybridized carbons (Fsp3) is 0.500. The lowest BCUT2D eigenvalue weighted by Crippen LogP contribution is -2.35. The second kappa shape index (κ2) is 6.95. The number of benzene rings is 1. The van der Waals surface area contributed by atoms with E-state index in [0.717, 1.165) is 17.5 Å². The molecule has 0 radical (unpaired) electrons. The Hall–Kier alpha value is -2.22. The topological polar surface area (TPSA) is 81.8 Å². The molecule has 3 rings (SSSR count). The molecule has 9 heteroatoms. The maximum Gasteiger partial charge on any atom is 0.364 e. The third-order valence-corrected chi connectivity index (χ3v) is 4.77.